The Kier molecular flexibility index (Phi) is 3.46. The number of hydrogen-bond donors (Lipinski definition) is 1. The predicted molar refractivity (Wildman–Crippen MR) is 81.7 cm³/mol. The molecular formula is C15H15NS2. The summed E-state index contributed by atoms with van der Waals surface area (Å²) < 4.78 is 1.40. The van der Waals surface area contributed by atoms with Gasteiger partial charge in [-0.15, -0.1) is 22.7 Å². The van der Waals surface area contributed by atoms with Gasteiger partial charge in [0.2, 0.25) is 0 Å². The van der Waals surface area contributed by atoms with Gasteiger partial charge in [-0.1, -0.05) is 31.2 Å². The van der Waals surface area contributed by atoms with E-state index in [0.717, 1.165) is 6.54 Å². The maximum atomic E-state index is 3.60. The van der Waals surface area contributed by atoms with Crippen molar-refractivity contribution in [3.05, 3.63) is 57.6 Å². The van der Waals surface area contributed by atoms with Gasteiger partial charge >= 0.3 is 0 Å². The molecule has 0 spiro atoms. The van der Waals surface area contributed by atoms with Crippen LogP contribution in [0.2, 0.25) is 0 Å². The van der Waals surface area contributed by atoms with Gasteiger partial charge in [-0.3, -0.25) is 0 Å². The first-order valence-corrected chi connectivity index (χ1v) is 7.89. The van der Waals surface area contributed by atoms with E-state index in [9.17, 15) is 0 Å². The van der Waals surface area contributed by atoms with E-state index < -0.39 is 0 Å². The largest absolute Gasteiger partial charge is 0.306 e. The SMILES string of the molecule is CCNC(c1cccs1)c1cccc2ccsc12. The average Bonchev–Trinajstić information content (AvgIpc) is 3.06. The number of rotatable bonds is 4. The van der Waals surface area contributed by atoms with Crippen LogP contribution in [0.25, 0.3) is 10.1 Å². The molecule has 1 atom stereocenters. The fourth-order valence-corrected chi connectivity index (χ4v) is 4.03. The van der Waals surface area contributed by atoms with Crippen molar-refractivity contribution < 1.29 is 0 Å². The Labute approximate surface area is 115 Å². The molecule has 1 unspecified atom stereocenters. The molecule has 0 aliphatic carbocycles. The summed E-state index contributed by atoms with van der Waals surface area (Å²) in [6.07, 6.45) is 0. The molecule has 2 heterocycles. The van der Waals surface area contributed by atoms with E-state index >= 15 is 0 Å². The van der Waals surface area contributed by atoms with Gasteiger partial charge in [0.25, 0.3) is 0 Å². The summed E-state index contributed by atoms with van der Waals surface area (Å²) in [5.41, 5.74) is 1.40. The maximum Gasteiger partial charge on any atom is 0.0684 e. The van der Waals surface area contributed by atoms with E-state index in [2.05, 4.69) is 59.4 Å². The maximum absolute atomic E-state index is 3.60. The van der Waals surface area contributed by atoms with Gasteiger partial charge in [-0.2, -0.15) is 0 Å². The van der Waals surface area contributed by atoms with E-state index in [4.69, 9.17) is 0 Å². The van der Waals surface area contributed by atoms with Crippen LogP contribution in [0.1, 0.15) is 23.4 Å². The van der Waals surface area contributed by atoms with Crippen LogP contribution in [0.3, 0.4) is 0 Å². The van der Waals surface area contributed by atoms with Crippen molar-refractivity contribution in [2.75, 3.05) is 6.54 Å². The fraction of sp³-hybridized carbons (Fsp3) is 0.200. The van der Waals surface area contributed by atoms with Crippen LogP contribution in [0.4, 0.5) is 0 Å². The molecule has 0 fully saturated rings. The number of fused-ring (bicyclic) bond motifs is 1. The van der Waals surface area contributed by atoms with Crippen molar-refractivity contribution in [1.29, 1.82) is 0 Å². The first-order valence-electron chi connectivity index (χ1n) is 6.13. The third-order valence-electron chi connectivity index (χ3n) is 3.06. The molecule has 92 valence electrons. The van der Waals surface area contributed by atoms with Crippen LogP contribution in [0.15, 0.2) is 47.2 Å². The number of hydrogen-bond acceptors (Lipinski definition) is 3. The van der Waals surface area contributed by atoms with Gasteiger partial charge < -0.3 is 5.32 Å². The normalized spacial score (nSPS) is 12.9. The average molecular weight is 273 g/mol. The van der Waals surface area contributed by atoms with Crippen molar-refractivity contribution in [1.82, 2.24) is 5.32 Å². The Morgan fingerprint density at radius 1 is 1.06 bits per heavy atom. The molecule has 1 aromatic carbocycles. The van der Waals surface area contributed by atoms with E-state index in [1.54, 1.807) is 0 Å². The molecular weight excluding hydrogens is 258 g/mol. The Hall–Kier alpha value is -1.16. The Morgan fingerprint density at radius 3 is 2.78 bits per heavy atom. The Balaban J connectivity index is 2.12. The lowest BCUT2D eigenvalue weighted by atomic mass is 10.0. The van der Waals surface area contributed by atoms with Gasteiger partial charge in [-0.05, 0) is 40.4 Å². The molecule has 1 nitrogen and oxygen atoms in total. The highest BCUT2D eigenvalue weighted by molar-refractivity contribution is 7.17. The van der Waals surface area contributed by atoms with Crippen molar-refractivity contribution in [2.24, 2.45) is 0 Å². The van der Waals surface area contributed by atoms with Crippen LogP contribution in [-0.2, 0) is 0 Å². The van der Waals surface area contributed by atoms with Gasteiger partial charge in [-0.25, -0.2) is 0 Å². The zero-order valence-corrected chi connectivity index (χ0v) is 11.9. The summed E-state index contributed by atoms with van der Waals surface area (Å²) in [4.78, 5) is 1.39. The van der Waals surface area contributed by atoms with E-state index in [0.29, 0.717) is 6.04 Å². The van der Waals surface area contributed by atoms with E-state index in [1.807, 2.05) is 22.7 Å². The summed E-state index contributed by atoms with van der Waals surface area (Å²) in [5, 5.41) is 9.26. The Morgan fingerprint density at radius 2 is 2.00 bits per heavy atom. The summed E-state index contributed by atoms with van der Waals surface area (Å²) >= 11 is 3.65. The third-order valence-corrected chi connectivity index (χ3v) is 4.97. The van der Waals surface area contributed by atoms with E-state index in [1.165, 1.54) is 20.5 Å². The molecule has 0 radical (unpaired) electrons. The Bertz CT molecular complexity index is 625. The fourth-order valence-electron chi connectivity index (χ4n) is 2.27. The zero-order valence-electron chi connectivity index (χ0n) is 10.2. The highest BCUT2D eigenvalue weighted by Gasteiger charge is 2.16. The quantitative estimate of drug-likeness (QED) is 0.729. The summed E-state index contributed by atoms with van der Waals surface area (Å²) in [6, 6.07) is 13.4. The number of benzene rings is 1. The minimum absolute atomic E-state index is 0.317. The van der Waals surface area contributed by atoms with Crippen LogP contribution in [-0.4, -0.2) is 6.54 Å². The molecule has 2 aromatic heterocycles. The van der Waals surface area contributed by atoms with Gasteiger partial charge in [0.15, 0.2) is 0 Å². The molecule has 0 aliphatic heterocycles. The zero-order chi connectivity index (χ0) is 12.4. The van der Waals surface area contributed by atoms with Crippen molar-refractivity contribution in [3.63, 3.8) is 0 Å². The second kappa shape index (κ2) is 5.22. The first kappa shape index (κ1) is 11.9. The highest BCUT2D eigenvalue weighted by atomic mass is 32.1. The second-order valence-electron chi connectivity index (χ2n) is 4.19. The summed E-state index contributed by atoms with van der Waals surface area (Å²) in [5.74, 6) is 0. The van der Waals surface area contributed by atoms with Crippen molar-refractivity contribution >= 4 is 32.8 Å². The number of thiophene rings is 2. The van der Waals surface area contributed by atoms with Gasteiger partial charge in [0.05, 0.1) is 6.04 Å². The minimum atomic E-state index is 0.317. The van der Waals surface area contributed by atoms with Crippen molar-refractivity contribution in [3.8, 4) is 0 Å². The van der Waals surface area contributed by atoms with Crippen LogP contribution < -0.4 is 5.32 Å². The smallest absolute Gasteiger partial charge is 0.0684 e. The van der Waals surface area contributed by atoms with Gasteiger partial charge in [0.1, 0.15) is 0 Å². The highest BCUT2D eigenvalue weighted by Crippen LogP contribution is 2.33. The van der Waals surface area contributed by atoms with Crippen LogP contribution >= 0.6 is 22.7 Å². The van der Waals surface area contributed by atoms with Crippen LogP contribution in [0.5, 0.6) is 0 Å². The summed E-state index contributed by atoms with van der Waals surface area (Å²) in [7, 11) is 0. The van der Waals surface area contributed by atoms with Crippen molar-refractivity contribution in [2.45, 2.75) is 13.0 Å². The molecule has 0 aliphatic rings. The van der Waals surface area contributed by atoms with Crippen LogP contribution in [0, 0.1) is 0 Å². The van der Waals surface area contributed by atoms with E-state index in [-0.39, 0.29) is 0 Å². The second-order valence-corrected chi connectivity index (χ2v) is 6.09. The molecule has 3 aromatic rings. The number of nitrogens with one attached hydrogen (secondary N) is 1. The predicted octanol–water partition coefficient (Wildman–Crippen LogP) is 4.66. The molecule has 3 rings (SSSR count). The topological polar surface area (TPSA) is 12.0 Å². The molecule has 0 bridgehead atoms. The minimum Gasteiger partial charge on any atom is -0.306 e. The lowest BCUT2D eigenvalue weighted by molar-refractivity contribution is 0.644. The van der Waals surface area contributed by atoms with Gasteiger partial charge in [0, 0.05) is 9.58 Å². The molecule has 0 saturated carbocycles. The first-order chi connectivity index (χ1) is 8.90. The monoisotopic (exact) mass is 273 g/mol. The molecule has 3 heteroatoms. The lowest BCUT2D eigenvalue weighted by Crippen LogP contribution is -2.21. The molecule has 1 N–H and O–H groups in total. The molecule has 18 heavy (non-hydrogen) atoms. The summed E-state index contributed by atoms with van der Waals surface area (Å²) in [6.45, 7) is 3.14. The standard InChI is InChI=1S/C15H15NS2/c1-2-16-14(13-7-4-9-17-13)12-6-3-5-11-8-10-18-15(11)12/h3-10,14,16H,2H2,1H3. The molecule has 0 saturated heterocycles. The molecule has 0 amide bonds. The third kappa shape index (κ3) is 2.09. The lowest BCUT2D eigenvalue weighted by Gasteiger charge is -2.17.